The molecule has 1 heterocycles. The number of fused-ring (bicyclic) bond motifs is 1. The number of hydrogen-bond acceptors (Lipinski definition) is 6. The second-order valence-electron chi connectivity index (χ2n) is 6.60. The zero-order chi connectivity index (χ0) is 21.7. The van der Waals surface area contributed by atoms with Gasteiger partial charge >= 0.3 is 5.97 Å². The number of hydrogen-bond donors (Lipinski definition) is 0. The van der Waals surface area contributed by atoms with Crippen molar-refractivity contribution in [2.75, 3.05) is 18.1 Å². The van der Waals surface area contributed by atoms with Gasteiger partial charge in [-0.05, 0) is 31.2 Å². The summed E-state index contributed by atoms with van der Waals surface area (Å²) in [5, 5.41) is 8.84. The molecule has 0 fully saturated rings. The van der Waals surface area contributed by atoms with Crippen LogP contribution in [-0.2, 0) is 14.3 Å². The van der Waals surface area contributed by atoms with Gasteiger partial charge in [0.1, 0.15) is 6.04 Å². The second-order valence-corrected chi connectivity index (χ2v) is 6.60. The molecule has 8 nitrogen and oxygen atoms in total. The highest BCUT2D eigenvalue weighted by molar-refractivity contribution is 6.22. The molecular weight excluding hydrogens is 386 g/mol. The fourth-order valence-corrected chi connectivity index (χ4v) is 3.16. The minimum absolute atomic E-state index is 0.111. The Balaban J connectivity index is 1.66. The third kappa shape index (κ3) is 4.05. The van der Waals surface area contributed by atoms with E-state index in [0.717, 1.165) is 4.90 Å². The number of carbonyl (C=O) groups excluding carboxylic acids is 4. The van der Waals surface area contributed by atoms with E-state index in [1.165, 1.54) is 24.0 Å². The van der Waals surface area contributed by atoms with Crippen LogP contribution in [0.4, 0.5) is 5.69 Å². The lowest BCUT2D eigenvalue weighted by molar-refractivity contribution is -0.151. The largest absolute Gasteiger partial charge is 0.454 e. The smallest absolute Gasteiger partial charge is 0.329 e. The van der Waals surface area contributed by atoms with Gasteiger partial charge in [0, 0.05) is 12.2 Å². The van der Waals surface area contributed by atoms with Gasteiger partial charge in [0.15, 0.2) is 6.61 Å². The Morgan fingerprint density at radius 3 is 2.17 bits per heavy atom. The van der Waals surface area contributed by atoms with Crippen LogP contribution >= 0.6 is 0 Å². The molecule has 0 N–H and O–H groups in total. The zero-order valence-electron chi connectivity index (χ0n) is 16.3. The molecule has 0 spiro atoms. The molecule has 2 aromatic rings. The number of amides is 3. The number of ether oxygens (including phenoxy) is 1. The topological polar surface area (TPSA) is 108 Å². The van der Waals surface area contributed by atoms with Gasteiger partial charge in [-0.25, -0.2) is 4.79 Å². The SMILES string of the molecule is C[C@H](C(=O)OCC(=O)N(CCC#N)c1ccccc1)N1C(=O)c2ccccc2C1=O. The van der Waals surface area contributed by atoms with Gasteiger partial charge in [0.05, 0.1) is 23.6 Å². The Morgan fingerprint density at radius 2 is 1.60 bits per heavy atom. The van der Waals surface area contributed by atoms with E-state index in [4.69, 9.17) is 10.00 Å². The molecule has 0 bridgehead atoms. The number of nitriles is 1. The molecule has 0 unspecified atom stereocenters. The molecule has 0 aromatic heterocycles. The van der Waals surface area contributed by atoms with Crippen LogP contribution in [0.25, 0.3) is 0 Å². The molecule has 152 valence electrons. The number of rotatable bonds is 7. The number of anilines is 1. The van der Waals surface area contributed by atoms with Gasteiger partial charge in [-0.15, -0.1) is 0 Å². The number of esters is 1. The van der Waals surface area contributed by atoms with Crippen LogP contribution in [0.3, 0.4) is 0 Å². The van der Waals surface area contributed by atoms with E-state index in [1.807, 2.05) is 6.07 Å². The Labute approximate surface area is 173 Å². The predicted molar refractivity (Wildman–Crippen MR) is 106 cm³/mol. The summed E-state index contributed by atoms with van der Waals surface area (Å²) in [6.45, 7) is 0.941. The molecule has 8 heteroatoms. The number of carbonyl (C=O) groups is 4. The quantitative estimate of drug-likeness (QED) is 0.516. The summed E-state index contributed by atoms with van der Waals surface area (Å²) in [6.07, 6.45) is 0.111. The standard InChI is InChI=1S/C22H19N3O5/c1-15(25-20(27)17-10-5-6-11-18(17)21(25)28)22(29)30-14-19(26)24(13-7-12-23)16-8-3-2-4-9-16/h2-6,8-11,15H,7,13-14H2,1H3/t15-/m1/s1. The highest BCUT2D eigenvalue weighted by Crippen LogP contribution is 2.24. The Kier molecular flexibility index (Phi) is 6.23. The first kappa shape index (κ1) is 20.7. The van der Waals surface area contributed by atoms with Crippen molar-refractivity contribution in [1.29, 1.82) is 5.26 Å². The van der Waals surface area contributed by atoms with Gasteiger partial charge in [-0.3, -0.25) is 19.3 Å². The average Bonchev–Trinajstić information content (AvgIpc) is 3.03. The molecule has 30 heavy (non-hydrogen) atoms. The van der Waals surface area contributed by atoms with Crippen molar-refractivity contribution in [3.05, 3.63) is 65.7 Å². The number of para-hydroxylation sites is 1. The Hall–Kier alpha value is -3.99. The molecule has 0 aliphatic carbocycles. The minimum atomic E-state index is -1.19. The van der Waals surface area contributed by atoms with Gasteiger partial charge in [-0.2, -0.15) is 5.26 Å². The van der Waals surface area contributed by atoms with Crippen LogP contribution in [-0.4, -0.2) is 47.8 Å². The molecule has 0 radical (unpaired) electrons. The first-order valence-electron chi connectivity index (χ1n) is 9.31. The highest BCUT2D eigenvalue weighted by atomic mass is 16.5. The molecule has 0 saturated carbocycles. The predicted octanol–water partition coefficient (Wildman–Crippen LogP) is 2.16. The summed E-state index contributed by atoms with van der Waals surface area (Å²) >= 11 is 0. The lowest BCUT2D eigenvalue weighted by Crippen LogP contribution is -2.45. The van der Waals surface area contributed by atoms with E-state index >= 15 is 0 Å². The molecule has 3 rings (SSSR count). The summed E-state index contributed by atoms with van der Waals surface area (Å²) in [6, 6.07) is 15.8. The second kappa shape index (κ2) is 9.01. The summed E-state index contributed by atoms with van der Waals surface area (Å²) in [4.78, 5) is 52.2. The van der Waals surface area contributed by atoms with Crippen molar-refractivity contribution in [1.82, 2.24) is 4.90 Å². The fourth-order valence-electron chi connectivity index (χ4n) is 3.16. The van der Waals surface area contributed by atoms with Crippen LogP contribution < -0.4 is 4.90 Å². The maximum atomic E-state index is 12.6. The van der Waals surface area contributed by atoms with Crippen molar-refractivity contribution in [2.24, 2.45) is 0 Å². The van der Waals surface area contributed by atoms with E-state index < -0.39 is 36.3 Å². The van der Waals surface area contributed by atoms with E-state index in [1.54, 1.807) is 42.5 Å². The van der Waals surface area contributed by atoms with Crippen LogP contribution in [0.1, 0.15) is 34.1 Å². The number of benzene rings is 2. The van der Waals surface area contributed by atoms with E-state index in [2.05, 4.69) is 0 Å². The minimum Gasteiger partial charge on any atom is -0.454 e. The molecule has 1 atom stereocenters. The molecule has 1 aliphatic rings. The van der Waals surface area contributed by atoms with Gasteiger partial charge < -0.3 is 9.64 Å². The van der Waals surface area contributed by atoms with Crippen LogP contribution in [0.5, 0.6) is 0 Å². The van der Waals surface area contributed by atoms with Crippen LogP contribution in [0.2, 0.25) is 0 Å². The third-order valence-corrected chi connectivity index (χ3v) is 4.71. The van der Waals surface area contributed by atoms with Gasteiger partial charge in [0.2, 0.25) is 0 Å². The first-order chi connectivity index (χ1) is 14.5. The maximum Gasteiger partial charge on any atom is 0.329 e. The highest BCUT2D eigenvalue weighted by Gasteiger charge is 2.41. The van der Waals surface area contributed by atoms with Crippen LogP contribution in [0.15, 0.2) is 54.6 Å². The maximum absolute atomic E-state index is 12.6. The van der Waals surface area contributed by atoms with Crippen molar-refractivity contribution in [3.63, 3.8) is 0 Å². The monoisotopic (exact) mass is 405 g/mol. The zero-order valence-corrected chi connectivity index (χ0v) is 16.3. The average molecular weight is 405 g/mol. The van der Waals surface area contributed by atoms with Crippen LogP contribution in [0, 0.1) is 11.3 Å². The Bertz CT molecular complexity index is 994. The molecule has 2 aromatic carbocycles. The van der Waals surface area contributed by atoms with Crippen molar-refractivity contribution < 1.29 is 23.9 Å². The summed E-state index contributed by atoms with van der Waals surface area (Å²) in [5.74, 6) is -2.54. The molecule has 0 saturated heterocycles. The number of imide groups is 1. The van der Waals surface area contributed by atoms with E-state index in [0.29, 0.717) is 5.69 Å². The van der Waals surface area contributed by atoms with Crippen molar-refractivity contribution in [2.45, 2.75) is 19.4 Å². The fraction of sp³-hybridized carbons (Fsp3) is 0.227. The van der Waals surface area contributed by atoms with E-state index in [-0.39, 0.29) is 24.1 Å². The summed E-state index contributed by atoms with van der Waals surface area (Å²) in [5.41, 5.74) is 1.03. The summed E-state index contributed by atoms with van der Waals surface area (Å²) < 4.78 is 5.10. The summed E-state index contributed by atoms with van der Waals surface area (Å²) in [7, 11) is 0. The first-order valence-corrected chi connectivity index (χ1v) is 9.31. The van der Waals surface area contributed by atoms with Crippen molar-refractivity contribution in [3.8, 4) is 6.07 Å². The van der Waals surface area contributed by atoms with Crippen molar-refractivity contribution >= 4 is 29.4 Å². The molecular formula is C22H19N3O5. The van der Waals surface area contributed by atoms with Gasteiger partial charge in [-0.1, -0.05) is 30.3 Å². The van der Waals surface area contributed by atoms with E-state index in [9.17, 15) is 19.2 Å². The Morgan fingerprint density at radius 1 is 1.03 bits per heavy atom. The van der Waals surface area contributed by atoms with Gasteiger partial charge in [0.25, 0.3) is 17.7 Å². The number of nitrogens with zero attached hydrogens (tertiary/aromatic N) is 3. The normalized spacial score (nSPS) is 13.4. The lowest BCUT2D eigenvalue weighted by Gasteiger charge is -2.23. The molecule has 1 aliphatic heterocycles. The molecule has 3 amide bonds. The lowest BCUT2D eigenvalue weighted by atomic mass is 10.1. The third-order valence-electron chi connectivity index (χ3n) is 4.71.